The lowest BCUT2D eigenvalue weighted by Gasteiger charge is -2.39. The molecule has 0 aromatic rings. The molecule has 0 spiro atoms. The van der Waals surface area contributed by atoms with Crippen molar-refractivity contribution in [2.75, 3.05) is 32.8 Å². The molecule has 3 aliphatic rings. The number of ether oxygens (including phenoxy) is 1. The predicted molar refractivity (Wildman–Crippen MR) is 110 cm³/mol. The van der Waals surface area contributed by atoms with Gasteiger partial charge in [-0.3, -0.25) is 0 Å². The van der Waals surface area contributed by atoms with Gasteiger partial charge in [0.25, 0.3) is 0 Å². The monoisotopic (exact) mass is 364 g/mol. The maximum atomic E-state index is 5.80. The van der Waals surface area contributed by atoms with Crippen LogP contribution in [0.25, 0.3) is 0 Å². The van der Waals surface area contributed by atoms with Gasteiger partial charge in [-0.15, -0.1) is 0 Å². The Labute approximate surface area is 162 Å². The molecule has 0 radical (unpaired) electrons. The van der Waals surface area contributed by atoms with Crippen molar-refractivity contribution in [1.82, 2.24) is 10.2 Å². The van der Waals surface area contributed by atoms with E-state index in [1.54, 1.807) is 0 Å². The summed E-state index contributed by atoms with van der Waals surface area (Å²) in [6, 6.07) is 1.45. The standard InChI is InChI=1S/C23H44N2O/c1-17(2)20-7-9-24-23(13-20)14-22(21-8-11-26-16-21)12-19-6-5-10-25(15-19)18(3)4/h17-24H,5-16H2,1-4H3. The Balaban J connectivity index is 1.58. The highest BCUT2D eigenvalue weighted by Crippen LogP contribution is 2.36. The van der Waals surface area contributed by atoms with Gasteiger partial charge in [0.15, 0.2) is 0 Å². The summed E-state index contributed by atoms with van der Waals surface area (Å²) in [5, 5.41) is 3.87. The van der Waals surface area contributed by atoms with Gasteiger partial charge in [0.1, 0.15) is 0 Å². The minimum absolute atomic E-state index is 0.706. The summed E-state index contributed by atoms with van der Waals surface area (Å²) >= 11 is 0. The van der Waals surface area contributed by atoms with E-state index in [-0.39, 0.29) is 0 Å². The SMILES string of the molecule is CC(C)C1CCNC(CC(CC2CCCN(C(C)C)C2)C2CCOC2)C1. The third-order valence-electron chi connectivity index (χ3n) is 7.61. The number of piperidine rings is 2. The molecular weight excluding hydrogens is 320 g/mol. The van der Waals surface area contributed by atoms with Gasteiger partial charge >= 0.3 is 0 Å². The summed E-state index contributed by atoms with van der Waals surface area (Å²) < 4.78 is 5.80. The Morgan fingerprint density at radius 1 is 1.04 bits per heavy atom. The normalized spacial score (nSPS) is 35.3. The van der Waals surface area contributed by atoms with Crippen molar-refractivity contribution in [2.45, 2.75) is 84.7 Å². The first-order chi connectivity index (χ1) is 12.5. The molecule has 3 fully saturated rings. The van der Waals surface area contributed by atoms with Gasteiger partial charge < -0.3 is 15.0 Å². The summed E-state index contributed by atoms with van der Waals surface area (Å²) in [5.41, 5.74) is 0. The molecule has 3 saturated heterocycles. The van der Waals surface area contributed by atoms with Crippen molar-refractivity contribution in [3.8, 4) is 0 Å². The van der Waals surface area contributed by atoms with Crippen LogP contribution in [0.4, 0.5) is 0 Å². The number of likely N-dealkylation sites (tertiary alicyclic amines) is 1. The van der Waals surface area contributed by atoms with Crippen LogP contribution < -0.4 is 5.32 Å². The Hall–Kier alpha value is -0.120. The molecule has 0 aromatic carbocycles. The molecule has 3 aliphatic heterocycles. The van der Waals surface area contributed by atoms with Gasteiger partial charge in [-0.2, -0.15) is 0 Å². The Kier molecular flexibility index (Phi) is 7.84. The van der Waals surface area contributed by atoms with Crippen LogP contribution in [0.2, 0.25) is 0 Å². The van der Waals surface area contributed by atoms with Gasteiger partial charge in [0.05, 0.1) is 0 Å². The van der Waals surface area contributed by atoms with Crippen molar-refractivity contribution >= 4 is 0 Å². The fraction of sp³-hybridized carbons (Fsp3) is 1.00. The lowest BCUT2D eigenvalue weighted by molar-refractivity contribution is 0.100. The Bertz CT molecular complexity index is 375. The number of hydrogen-bond donors (Lipinski definition) is 1. The molecule has 0 bridgehead atoms. The fourth-order valence-electron chi connectivity index (χ4n) is 5.78. The van der Waals surface area contributed by atoms with Gasteiger partial charge in [-0.25, -0.2) is 0 Å². The van der Waals surface area contributed by atoms with E-state index in [9.17, 15) is 0 Å². The lowest BCUT2D eigenvalue weighted by atomic mass is 9.75. The van der Waals surface area contributed by atoms with E-state index in [0.717, 1.165) is 48.8 Å². The molecule has 0 aromatic heterocycles. The molecule has 3 heteroatoms. The quantitative estimate of drug-likeness (QED) is 0.716. The molecule has 3 heterocycles. The zero-order valence-electron chi connectivity index (χ0n) is 17.9. The Morgan fingerprint density at radius 2 is 1.88 bits per heavy atom. The average Bonchev–Trinajstić information content (AvgIpc) is 3.16. The van der Waals surface area contributed by atoms with Crippen molar-refractivity contribution in [3.63, 3.8) is 0 Å². The summed E-state index contributed by atoms with van der Waals surface area (Å²) in [6.45, 7) is 15.4. The topological polar surface area (TPSA) is 24.5 Å². The third kappa shape index (κ3) is 5.69. The van der Waals surface area contributed by atoms with Crippen molar-refractivity contribution in [2.24, 2.45) is 29.6 Å². The molecule has 0 aliphatic carbocycles. The average molecular weight is 365 g/mol. The molecule has 3 nitrogen and oxygen atoms in total. The smallest absolute Gasteiger partial charge is 0.0497 e. The maximum Gasteiger partial charge on any atom is 0.0497 e. The van der Waals surface area contributed by atoms with Crippen LogP contribution in [0, 0.1) is 29.6 Å². The third-order valence-corrected chi connectivity index (χ3v) is 7.61. The fourth-order valence-corrected chi connectivity index (χ4v) is 5.78. The number of rotatable bonds is 7. The summed E-state index contributed by atoms with van der Waals surface area (Å²) in [6.07, 6.45) is 9.72. The molecule has 3 rings (SSSR count). The second-order valence-electron chi connectivity index (χ2n) is 10.1. The van der Waals surface area contributed by atoms with Crippen molar-refractivity contribution < 1.29 is 4.74 Å². The van der Waals surface area contributed by atoms with Crippen LogP contribution in [0.5, 0.6) is 0 Å². The molecular formula is C23H44N2O. The summed E-state index contributed by atoms with van der Waals surface area (Å²) in [7, 11) is 0. The van der Waals surface area contributed by atoms with Crippen LogP contribution in [0.1, 0.15) is 72.6 Å². The van der Waals surface area contributed by atoms with Gasteiger partial charge in [0.2, 0.25) is 0 Å². The number of nitrogens with one attached hydrogen (secondary N) is 1. The van der Waals surface area contributed by atoms with Crippen LogP contribution in [0.3, 0.4) is 0 Å². The largest absolute Gasteiger partial charge is 0.381 e. The highest BCUT2D eigenvalue weighted by atomic mass is 16.5. The maximum absolute atomic E-state index is 5.80. The van der Waals surface area contributed by atoms with Gasteiger partial charge in [-0.05, 0) is 101 Å². The first-order valence-corrected chi connectivity index (χ1v) is 11.6. The zero-order valence-corrected chi connectivity index (χ0v) is 17.9. The van der Waals surface area contributed by atoms with Crippen LogP contribution in [-0.4, -0.2) is 49.8 Å². The molecule has 0 amide bonds. The second-order valence-corrected chi connectivity index (χ2v) is 10.1. The number of nitrogens with zero attached hydrogens (tertiary/aromatic N) is 1. The van der Waals surface area contributed by atoms with E-state index in [2.05, 4.69) is 37.9 Å². The van der Waals surface area contributed by atoms with Crippen LogP contribution in [0.15, 0.2) is 0 Å². The highest BCUT2D eigenvalue weighted by Gasteiger charge is 2.33. The van der Waals surface area contributed by atoms with E-state index >= 15 is 0 Å². The van der Waals surface area contributed by atoms with Gasteiger partial charge in [0, 0.05) is 31.8 Å². The van der Waals surface area contributed by atoms with Crippen molar-refractivity contribution in [1.29, 1.82) is 0 Å². The van der Waals surface area contributed by atoms with E-state index < -0.39 is 0 Å². The minimum atomic E-state index is 0.706. The van der Waals surface area contributed by atoms with Crippen LogP contribution in [-0.2, 0) is 4.74 Å². The van der Waals surface area contributed by atoms with E-state index in [1.807, 2.05) is 0 Å². The molecule has 1 N–H and O–H groups in total. The summed E-state index contributed by atoms with van der Waals surface area (Å²) in [5.74, 6) is 4.34. The Morgan fingerprint density at radius 3 is 2.58 bits per heavy atom. The minimum Gasteiger partial charge on any atom is -0.381 e. The molecule has 5 atom stereocenters. The first kappa shape index (κ1) is 20.6. The molecule has 26 heavy (non-hydrogen) atoms. The lowest BCUT2D eigenvalue weighted by Crippen LogP contribution is -2.43. The molecule has 152 valence electrons. The predicted octanol–water partition coefficient (Wildman–Crippen LogP) is 4.56. The number of hydrogen-bond acceptors (Lipinski definition) is 3. The molecule has 5 unspecified atom stereocenters. The van der Waals surface area contributed by atoms with E-state index in [4.69, 9.17) is 4.74 Å². The van der Waals surface area contributed by atoms with Crippen LogP contribution >= 0.6 is 0 Å². The first-order valence-electron chi connectivity index (χ1n) is 11.6. The van der Waals surface area contributed by atoms with E-state index in [0.29, 0.717) is 6.04 Å². The zero-order chi connectivity index (χ0) is 18.5. The molecule has 0 saturated carbocycles. The van der Waals surface area contributed by atoms with Crippen molar-refractivity contribution in [3.05, 3.63) is 0 Å². The highest BCUT2D eigenvalue weighted by molar-refractivity contribution is 4.87. The second kappa shape index (κ2) is 9.89. The van der Waals surface area contributed by atoms with E-state index in [1.165, 1.54) is 64.6 Å². The summed E-state index contributed by atoms with van der Waals surface area (Å²) in [4.78, 5) is 2.71. The van der Waals surface area contributed by atoms with Gasteiger partial charge in [-0.1, -0.05) is 13.8 Å².